The van der Waals surface area contributed by atoms with Crippen LogP contribution in [0.15, 0.2) is 29.4 Å². The number of methoxy groups -OCH3 is 2. The van der Waals surface area contributed by atoms with Gasteiger partial charge in [0.1, 0.15) is 6.61 Å². The van der Waals surface area contributed by atoms with Crippen molar-refractivity contribution in [2.24, 2.45) is 5.16 Å². The highest BCUT2D eigenvalue weighted by atomic mass is 16.6. The van der Waals surface area contributed by atoms with Crippen molar-refractivity contribution in [1.82, 2.24) is 0 Å². The molecule has 0 spiro atoms. The van der Waals surface area contributed by atoms with Crippen molar-refractivity contribution in [3.63, 3.8) is 0 Å². The van der Waals surface area contributed by atoms with Crippen LogP contribution in [0.2, 0.25) is 0 Å². The maximum atomic E-state index is 5.27. The zero-order valence-corrected chi connectivity index (χ0v) is 11.3. The first-order valence-electron chi connectivity index (χ1n) is 5.80. The number of nitrogens with zero attached hydrogens (tertiary/aromatic N) is 1. The summed E-state index contributed by atoms with van der Waals surface area (Å²) < 4.78 is 10.5. The maximum Gasteiger partial charge on any atom is 0.161 e. The molecule has 0 amide bonds. The molecule has 98 valence electrons. The van der Waals surface area contributed by atoms with E-state index in [0.717, 1.165) is 11.1 Å². The molecule has 0 aliphatic rings. The molecule has 0 aliphatic heterocycles. The standard InChI is InChI=1S/C14H19NO3/c1-5-11(10-15-18-6-2)12-7-8-13(16-3)14(9-12)17-4/h5,7-10H,6H2,1-4H3/b11-5+,15-10-. The van der Waals surface area contributed by atoms with Gasteiger partial charge in [0.05, 0.1) is 20.4 Å². The lowest BCUT2D eigenvalue weighted by Gasteiger charge is -2.09. The van der Waals surface area contributed by atoms with Crippen LogP contribution in [-0.2, 0) is 4.84 Å². The predicted molar refractivity (Wildman–Crippen MR) is 73.3 cm³/mol. The van der Waals surface area contributed by atoms with E-state index in [9.17, 15) is 0 Å². The van der Waals surface area contributed by atoms with Crippen LogP contribution in [0.5, 0.6) is 11.5 Å². The van der Waals surface area contributed by atoms with E-state index in [0.29, 0.717) is 18.1 Å². The molecule has 0 N–H and O–H groups in total. The summed E-state index contributed by atoms with van der Waals surface area (Å²) in [4.78, 5) is 4.96. The second-order valence-corrected chi connectivity index (χ2v) is 3.47. The van der Waals surface area contributed by atoms with Crippen LogP contribution in [0.1, 0.15) is 19.4 Å². The molecule has 0 unspecified atom stereocenters. The first kappa shape index (κ1) is 14.1. The Bertz CT molecular complexity index is 439. The van der Waals surface area contributed by atoms with Crippen molar-refractivity contribution in [2.45, 2.75) is 13.8 Å². The van der Waals surface area contributed by atoms with Gasteiger partial charge in [-0.05, 0) is 37.1 Å². The fourth-order valence-electron chi connectivity index (χ4n) is 1.50. The van der Waals surface area contributed by atoms with Crippen LogP contribution in [0.3, 0.4) is 0 Å². The van der Waals surface area contributed by atoms with Crippen molar-refractivity contribution in [2.75, 3.05) is 20.8 Å². The molecule has 0 saturated carbocycles. The van der Waals surface area contributed by atoms with Gasteiger partial charge in [0.2, 0.25) is 0 Å². The van der Waals surface area contributed by atoms with Gasteiger partial charge in [0, 0.05) is 0 Å². The number of rotatable bonds is 6. The van der Waals surface area contributed by atoms with Crippen LogP contribution in [0, 0.1) is 0 Å². The smallest absolute Gasteiger partial charge is 0.161 e. The van der Waals surface area contributed by atoms with Crippen LogP contribution < -0.4 is 9.47 Å². The van der Waals surface area contributed by atoms with Gasteiger partial charge in [0.15, 0.2) is 11.5 Å². The molecule has 0 bridgehead atoms. The molecule has 1 aromatic carbocycles. The average Bonchev–Trinajstić information content (AvgIpc) is 2.43. The molecule has 0 aromatic heterocycles. The van der Waals surface area contributed by atoms with E-state index in [-0.39, 0.29) is 0 Å². The second-order valence-electron chi connectivity index (χ2n) is 3.47. The first-order chi connectivity index (χ1) is 8.76. The van der Waals surface area contributed by atoms with Crippen LogP contribution in [0.4, 0.5) is 0 Å². The Labute approximate surface area is 108 Å². The lowest BCUT2D eigenvalue weighted by molar-refractivity contribution is 0.161. The molecule has 4 nitrogen and oxygen atoms in total. The number of allylic oxidation sites excluding steroid dienone is 2. The molecule has 1 aromatic rings. The Morgan fingerprint density at radius 3 is 2.50 bits per heavy atom. The fourth-order valence-corrected chi connectivity index (χ4v) is 1.50. The van der Waals surface area contributed by atoms with E-state index in [1.54, 1.807) is 20.4 Å². The van der Waals surface area contributed by atoms with E-state index in [1.165, 1.54) is 0 Å². The van der Waals surface area contributed by atoms with Crippen molar-refractivity contribution < 1.29 is 14.3 Å². The summed E-state index contributed by atoms with van der Waals surface area (Å²) in [5.74, 6) is 1.40. The number of benzene rings is 1. The monoisotopic (exact) mass is 249 g/mol. The molecule has 0 saturated heterocycles. The second kappa shape index (κ2) is 7.37. The zero-order valence-electron chi connectivity index (χ0n) is 11.3. The van der Waals surface area contributed by atoms with Gasteiger partial charge in [0.25, 0.3) is 0 Å². The topological polar surface area (TPSA) is 40.0 Å². The van der Waals surface area contributed by atoms with E-state index >= 15 is 0 Å². The molecule has 0 aliphatic carbocycles. The molecule has 0 radical (unpaired) electrons. The highest BCUT2D eigenvalue weighted by molar-refractivity contribution is 6.09. The minimum Gasteiger partial charge on any atom is -0.493 e. The fraction of sp³-hybridized carbons (Fsp3) is 0.357. The lowest BCUT2D eigenvalue weighted by atomic mass is 10.1. The third-order valence-corrected chi connectivity index (χ3v) is 2.42. The summed E-state index contributed by atoms with van der Waals surface area (Å²) in [6, 6.07) is 5.73. The maximum absolute atomic E-state index is 5.27. The zero-order chi connectivity index (χ0) is 13.4. The Hall–Kier alpha value is -1.97. The van der Waals surface area contributed by atoms with Crippen LogP contribution >= 0.6 is 0 Å². The third-order valence-electron chi connectivity index (χ3n) is 2.42. The highest BCUT2D eigenvalue weighted by Crippen LogP contribution is 2.29. The van der Waals surface area contributed by atoms with Gasteiger partial charge < -0.3 is 14.3 Å². The molecular weight excluding hydrogens is 230 g/mol. The van der Waals surface area contributed by atoms with Crippen molar-refractivity contribution in [3.05, 3.63) is 29.8 Å². The molecule has 4 heteroatoms. The quantitative estimate of drug-likeness (QED) is 0.574. The molecule has 0 atom stereocenters. The molecule has 1 rings (SSSR count). The minimum atomic E-state index is 0.555. The Morgan fingerprint density at radius 2 is 1.94 bits per heavy atom. The van der Waals surface area contributed by atoms with Gasteiger partial charge >= 0.3 is 0 Å². The van der Waals surface area contributed by atoms with E-state index < -0.39 is 0 Å². The van der Waals surface area contributed by atoms with Gasteiger partial charge in [-0.25, -0.2) is 0 Å². The summed E-state index contributed by atoms with van der Waals surface area (Å²) >= 11 is 0. The first-order valence-corrected chi connectivity index (χ1v) is 5.80. The van der Waals surface area contributed by atoms with Crippen molar-refractivity contribution in [3.8, 4) is 11.5 Å². The number of ether oxygens (including phenoxy) is 2. The molecule has 0 heterocycles. The summed E-state index contributed by atoms with van der Waals surface area (Å²) in [5.41, 5.74) is 1.96. The van der Waals surface area contributed by atoms with Crippen molar-refractivity contribution >= 4 is 11.8 Å². The number of hydrogen-bond donors (Lipinski definition) is 0. The van der Waals surface area contributed by atoms with Gasteiger partial charge in [-0.15, -0.1) is 0 Å². The number of oxime groups is 1. The molecule has 0 fully saturated rings. The Morgan fingerprint density at radius 1 is 1.22 bits per heavy atom. The molecular formula is C14H19NO3. The predicted octanol–water partition coefficient (Wildman–Crippen LogP) is 3.13. The molecule has 18 heavy (non-hydrogen) atoms. The summed E-state index contributed by atoms with van der Waals surface area (Å²) in [7, 11) is 3.23. The van der Waals surface area contributed by atoms with Gasteiger partial charge in [-0.1, -0.05) is 17.3 Å². The highest BCUT2D eigenvalue weighted by Gasteiger charge is 2.06. The number of hydrogen-bond acceptors (Lipinski definition) is 4. The van der Waals surface area contributed by atoms with E-state index in [1.807, 2.05) is 38.1 Å². The SMILES string of the molecule is C/C=C(\C=N/OCC)c1ccc(OC)c(OC)c1. The minimum absolute atomic E-state index is 0.555. The van der Waals surface area contributed by atoms with Gasteiger partial charge in [-0.2, -0.15) is 0 Å². The van der Waals surface area contributed by atoms with Crippen LogP contribution in [-0.4, -0.2) is 27.0 Å². The third kappa shape index (κ3) is 3.52. The van der Waals surface area contributed by atoms with Crippen LogP contribution in [0.25, 0.3) is 5.57 Å². The Balaban J connectivity index is 3.00. The van der Waals surface area contributed by atoms with Crippen molar-refractivity contribution in [1.29, 1.82) is 0 Å². The summed E-state index contributed by atoms with van der Waals surface area (Å²) in [5, 5.41) is 3.87. The normalized spacial score (nSPS) is 11.7. The van der Waals surface area contributed by atoms with Gasteiger partial charge in [-0.3, -0.25) is 0 Å². The summed E-state index contributed by atoms with van der Waals surface area (Å²) in [6.07, 6.45) is 3.65. The average molecular weight is 249 g/mol. The Kier molecular flexibility index (Phi) is 5.77. The summed E-state index contributed by atoms with van der Waals surface area (Å²) in [6.45, 7) is 4.40. The van der Waals surface area contributed by atoms with E-state index in [2.05, 4.69) is 5.16 Å². The van der Waals surface area contributed by atoms with E-state index in [4.69, 9.17) is 14.3 Å². The largest absolute Gasteiger partial charge is 0.493 e. The lowest BCUT2D eigenvalue weighted by Crippen LogP contribution is -1.93.